The van der Waals surface area contributed by atoms with Gasteiger partial charge in [-0.2, -0.15) is 0 Å². The smallest absolute Gasteiger partial charge is 0.123 e. The van der Waals surface area contributed by atoms with Crippen LogP contribution in [0, 0.1) is 13.8 Å². The van der Waals surface area contributed by atoms with Gasteiger partial charge in [0.05, 0.1) is 7.11 Å². The first-order valence-electron chi connectivity index (χ1n) is 3.46. The molecule has 60 valence electrons. The molecule has 1 rings (SSSR count). The Kier molecular flexibility index (Phi) is 2.55. The lowest BCUT2D eigenvalue weighted by molar-refractivity contribution is 0.411. The van der Waals surface area contributed by atoms with Gasteiger partial charge >= 0.3 is 0 Å². The van der Waals surface area contributed by atoms with E-state index in [1.165, 1.54) is 5.56 Å². The van der Waals surface area contributed by atoms with Crippen LogP contribution in [-0.2, 0) is 0 Å². The van der Waals surface area contributed by atoms with Gasteiger partial charge in [-0.1, -0.05) is 15.9 Å². The highest BCUT2D eigenvalue weighted by molar-refractivity contribution is 9.10. The van der Waals surface area contributed by atoms with E-state index < -0.39 is 0 Å². The molecule has 0 radical (unpaired) electrons. The molecule has 0 N–H and O–H groups in total. The molecule has 1 nitrogen and oxygen atoms in total. The van der Waals surface area contributed by atoms with Crippen LogP contribution in [-0.4, -0.2) is 7.11 Å². The maximum atomic E-state index is 5.18. The molecule has 0 aliphatic heterocycles. The van der Waals surface area contributed by atoms with Gasteiger partial charge in [-0.3, -0.25) is 0 Å². The molecule has 0 heterocycles. The molecule has 0 saturated heterocycles. The third-order valence-corrected chi connectivity index (χ3v) is 2.48. The number of ether oxygens (including phenoxy) is 1. The number of methoxy groups -OCH3 is 1. The molecule has 2 heteroatoms. The van der Waals surface area contributed by atoms with Gasteiger partial charge in [0, 0.05) is 10.0 Å². The van der Waals surface area contributed by atoms with Gasteiger partial charge < -0.3 is 4.74 Å². The van der Waals surface area contributed by atoms with Gasteiger partial charge in [0.2, 0.25) is 0 Å². The summed E-state index contributed by atoms with van der Waals surface area (Å²) in [6.45, 7) is 4.08. The molecule has 0 spiro atoms. The zero-order valence-corrected chi connectivity index (χ0v) is 8.53. The van der Waals surface area contributed by atoms with Crippen LogP contribution in [0.5, 0.6) is 5.75 Å². The molecular formula is C9H11BrO. The molecule has 1 aromatic rings. The Bertz CT molecular complexity index is 269. The second kappa shape index (κ2) is 3.26. The van der Waals surface area contributed by atoms with E-state index in [1.54, 1.807) is 7.11 Å². The second-order valence-corrected chi connectivity index (χ2v) is 3.43. The monoisotopic (exact) mass is 214 g/mol. The minimum atomic E-state index is 0.942. The first-order chi connectivity index (χ1) is 5.15. The van der Waals surface area contributed by atoms with Crippen molar-refractivity contribution in [3.8, 4) is 5.75 Å². The zero-order valence-electron chi connectivity index (χ0n) is 6.94. The Labute approximate surface area is 75.5 Å². The first-order valence-corrected chi connectivity index (χ1v) is 4.25. The van der Waals surface area contributed by atoms with Crippen LogP contribution in [0.3, 0.4) is 0 Å². The first kappa shape index (κ1) is 8.60. The summed E-state index contributed by atoms with van der Waals surface area (Å²) >= 11 is 3.46. The molecule has 0 saturated carbocycles. The fraction of sp³-hybridized carbons (Fsp3) is 0.333. The summed E-state index contributed by atoms with van der Waals surface area (Å²) in [5, 5.41) is 0. The summed E-state index contributed by atoms with van der Waals surface area (Å²) in [4.78, 5) is 0. The van der Waals surface area contributed by atoms with Crippen molar-refractivity contribution in [2.45, 2.75) is 13.8 Å². The quantitative estimate of drug-likeness (QED) is 0.699. The summed E-state index contributed by atoms with van der Waals surface area (Å²) in [6, 6.07) is 4.11. The largest absolute Gasteiger partial charge is 0.496 e. The summed E-state index contributed by atoms with van der Waals surface area (Å²) in [6.07, 6.45) is 0. The second-order valence-electron chi connectivity index (χ2n) is 2.57. The number of aryl methyl sites for hydroxylation is 1. The number of hydrogen-bond acceptors (Lipinski definition) is 1. The summed E-state index contributed by atoms with van der Waals surface area (Å²) in [5.41, 5.74) is 2.36. The minimum Gasteiger partial charge on any atom is -0.496 e. The number of rotatable bonds is 1. The number of benzene rings is 1. The Hall–Kier alpha value is -0.500. The fourth-order valence-corrected chi connectivity index (χ4v) is 1.55. The summed E-state index contributed by atoms with van der Waals surface area (Å²) in [5.74, 6) is 0.942. The summed E-state index contributed by atoms with van der Waals surface area (Å²) < 4.78 is 6.28. The molecule has 0 aliphatic carbocycles. The van der Waals surface area contributed by atoms with Crippen molar-refractivity contribution in [1.29, 1.82) is 0 Å². The van der Waals surface area contributed by atoms with Gasteiger partial charge in [0.15, 0.2) is 0 Å². The van der Waals surface area contributed by atoms with E-state index in [9.17, 15) is 0 Å². The molecule has 0 atom stereocenters. The van der Waals surface area contributed by atoms with Crippen molar-refractivity contribution in [3.63, 3.8) is 0 Å². The predicted molar refractivity (Wildman–Crippen MR) is 50.2 cm³/mol. The highest BCUT2D eigenvalue weighted by Crippen LogP contribution is 2.27. The van der Waals surface area contributed by atoms with Gasteiger partial charge in [-0.25, -0.2) is 0 Å². The Morgan fingerprint density at radius 1 is 1.27 bits per heavy atom. The maximum absolute atomic E-state index is 5.18. The van der Waals surface area contributed by atoms with Crippen molar-refractivity contribution < 1.29 is 4.74 Å². The SMILES string of the molecule is COc1cc(C)cc(Br)c1C. The van der Waals surface area contributed by atoms with E-state index in [-0.39, 0.29) is 0 Å². The number of halogens is 1. The molecule has 11 heavy (non-hydrogen) atoms. The number of hydrogen-bond donors (Lipinski definition) is 0. The molecule has 0 bridgehead atoms. The van der Waals surface area contributed by atoms with E-state index in [2.05, 4.69) is 22.0 Å². The summed E-state index contributed by atoms with van der Waals surface area (Å²) in [7, 11) is 1.69. The van der Waals surface area contributed by atoms with E-state index in [4.69, 9.17) is 4.74 Å². The molecule has 1 aromatic carbocycles. The van der Waals surface area contributed by atoms with E-state index in [1.807, 2.05) is 19.9 Å². The van der Waals surface area contributed by atoms with Crippen LogP contribution >= 0.6 is 15.9 Å². The van der Waals surface area contributed by atoms with Crippen LogP contribution in [0.4, 0.5) is 0 Å². The predicted octanol–water partition coefficient (Wildman–Crippen LogP) is 3.07. The van der Waals surface area contributed by atoms with Gasteiger partial charge in [-0.15, -0.1) is 0 Å². The lowest BCUT2D eigenvalue weighted by Crippen LogP contribution is -1.88. The van der Waals surface area contributed by atoms with Crippen LogP contribution < -0.4 is 4.74 Å². The Balaban J connectivity index is 3.24. The van der Waals surface area contributed by atoms with Crippen LogP contribution in [0.15, 0.2) is 16.6 Å². The van der Waals surface area contributed by atoms with Crippen LogP contribution in [0.25, 0.3) is 0 Å². The van der Waals surface area contributed by atoms with E-state index in [0.29, 0.717) is 0 Å². The molecule has 0 amide bonds. The zero-order chi connectivity index (χ0) is 8.43. The van der Waals surface area contributed by atoms with E-state index in [0.717, 1.165) is 15.8 Å². The van der Waals surface area contributed by atoms with Crippen molar-refractivity contribution in [1.82, 2.24) is 0 Å². The highest BCUT2D eigenvalue weighted by Gasteiger charge is 2.02. The molecule has 0 aliphatic rings. The average molecular weight is 215 g/mol. The topological polar surface area (TPSA) is 9.23 Å². The molecule has 0 aromatic heterocycles. The maximum Gasteiger partial charge on any atom is 0.123 e. The normalized spacial score (nSPS) is 9.82. The molecular weight excluding hydrogens is 204 g/mol. The lowest BCUT2D eigenvalue weighted by Gasteiger charge is -2.07. The van der Waals surface area contributed by atoms with Crippen molar-refractivity contribution in [2.24, 2.45) is 0 Å². The molecule has 0 unspecified atom stereocenters. The van der Waals surface area contributed by atoms with Gasteiger partial charge in [0.25, 0.3) is 0 Å². The average Bonchev–Trinajstić information content (AvgIpc) is 1.96. The Morgan fingerprint density at radius 2 is 1.91 bits per heavy atom. The van der Waals surface area contributed by atoms with Gasteiger partial charge in [0.1, 0.15) is 5.75 Å². The van der Waals surface area contributed by atoms with Gasteiger partial charge in [-0.05, 0) is 31.5 Å². The third kappa shape index (κ3) is 1.74. The third-order valence-electron chi connectivity index (χ3n) is 1.66. The van der Waals surface area contributed by atoms with Crippen molar-refractivity contribution >= 4 is 15.9 Å². The minimum absolute atomic E-state index is 0.942. The van der Waals surface area contributed by atoms with Crippen molar-refractivity contribution in [3.05, 3.63) is 27.7 Å². The highest BCUT2D eigenvalue weighted by atomic mass is 79.9. The van der Waals surface area contributed by atoms with Crippen LogP contribution in [0.1, 0.15) is 11.1 Å². The van der Waals surface area contributed by atoms with E-state index >= 15 is 0 Å². The lowest BCUT2D eigenvalue weighted by atomic mass is 10.1. The van der Waals surface area contributed by atoms with Crippen LogP contribution in [0.2, 0.25) is 0 Å². The van der Waals surface area contributed by atoms with Crippen molar-refractivity contribution in [2.75, 3.05) is 7.11 Å². The standard InChI is InChI=1S/C9H11BrO/c1-6-4-8(10)7(2)9(5-6)11-3/h4-5H,1-3H3. The fourth-order valence-electron chi connectivity index (χ4n) is 0.995. The molecule has 0 fully saturated rings. The Morgan fingerprint density at radius 3 is 2.45 bits per heavy atom.